The predicted octanol–water partition coefficient (Wildman–Crippen LogP) is -0.997. The maximum atomic E-state index is 13.1. The first-order valence-corrected chi connectivity index (χ1v) is 8.99. The molecule has 0 aromatic rings. The minimum absolute atomic E-state index is 0.104. The molecule has 1 unspecified atom stereocenters. The highest BCUT2D eigenvalue weighted by atomic mass is 16.2. The van der Waals surface area contributed by atoms with Crippen molar-refractivity contribution in [3.8, 4) is 0 Å². The largest absolute Gasteiger partial charge is 0.333 e. The molecule has 0 aromatic carbocycles. The summed E-state index contributed by atoms with van der Waals surface area (Å²) in [5.74, 6) is 0.959. The molecule has 4 aliphatic rings. The van der Waals surface area contributed by atoms with E-state index in [-0.39, 0.29) is 11.1 Å². The molecule has 3 fully saturated rings. The summed E-state index contributed by atoms with van der Waals surface area (Å²) in [7, 11) is 0. The molecule has 3 atom stereocenters. The van der Waals surface area contributed by atoms with Gasteiger partial charge in [0.15, 0.2) is 11.1 Å². The Balaban J connectivity index is 1.75. The highest BCUT2D eigenvalue weighted by molar-refractivity contribution is 6.09. The van der Waals surface area contributed by atoms with Gasteiger partial charge in [-0.2, -0.15) is 0 Å². The molecule has 21 heavy (non-hydrogen) atoms. The number of amides is 1. The number of likely N-dealkylation sites (tertiary alicyclic amines) is 1. The molecule has 4 rings (SSSR count). The Hall–Kier alpha value is -0.900. The maximum Gasteiger partial charge on any atom is 0.247 e. The fraction of sp³-hybridized carbons (Fsp3) is 0.882. The van der Waals surface area contributed by atoms with Crippen molar-refractivity contribution < 1.29 is 14.7 Å². The number of nitrogens with one attached hydrogen (secondary N) is 3. The van der Waals surface area contributed by atoms with Gasteiger partial charge in [0.25, 0.3) is 0 Å². The molecule has 0 aromatic heterocycles. The lowest BCUT2D eigenvalue weighted by atomic mass is 9.62. The van der Waals surface area contributed by atoms with Gasteiger partial charge in [0.05, 0.1) is 19.0 Å². The fourth-order valence-electron chi connectivity index (χ4n) is 5.39. The van der Waals surface area contributed by atoms with Crippen LogP contribution in [0, 0.1) is 11.3 Å². The van der Waals surface area contributed by atoms with Crippen molar-refractivity contribution in [2.75, 3.05) is 19.6 Å². The van der Waals surface area contributed by atoms with E-state index in [0.29, 0.717) is 11.8 Å². The van der Waals surface area contributed by atoms with Crippen LogP contribution in [0.15, 0.2) is 0 Å². The summed E-state index contributed by atoms with van der Waals surface area (Å²) in [6, 6.07) is 0. The van der Waals surface area contributed by atoms with Crippen molar-refractivity contribution in [2.24, 2.45) is 11.3 Å². The van der Waals surface area contributed by atoms with Gasteiger partial charge in [0.1, 0.15) is 6.54 Å². The molecular weight excluding hydrogens is 262 g/mol. The van der Waals surface area contributed by atoms with Gasteiger partial charge >= 0.3 is 0 Å². The van der Waals surface area contributed by atoms with Crippen LogP contribution in [0.2, 0.25) is 0 Å². The average molecular weight is 291 g/mol. The van der Waals surface area contributed by atoms with Crippen molar-refractivity contribution in [2.45, 2.75) is 64.0 Å². The molecule has 2 aliphatic heterocycles. The number of piperidine rings is 1. The fourth-order valence-corrected chi connectivity index (χ4v) is 5.39. The summed E-state index contributed by atoms with van der Waals surface area (Å²) in [5, 5.41) is 3.44. The van der Waals surface area contributed by atoms with Gasteiger partial charge in [0, 0.05) is 12.8 Å². The minimum atomic E-state index is -0.199. The summed E-state index contributed by atoms with van der Waals surface area (Å²) in [6.45, 7) is 5.63. The van der Waals surface area contributed by atoms with Crippen LogP contribution in [0.25, 0.3) is 0 Å². The summed E-state index contributed by atoms with van der Waals surface area (Å²) in [4.78, 5) is 18.6. The van der Waals surface area contributed by atoms with Gasteiger partial charge in [-0.05, 0) is 32.6 Å². The summed E-state index contributed by atoms with van der Waals surface area (Å²) in [5.41, 5.74) is 1.12. The Bertz CT molecular complexity index is 480. The smallest absolute Gasteiger partial charge is 0.247 e. The topological polar surface area (TPSA) is 47.5 Å². The van der Waals surface area contributed by atoms with E-state index in [9.17, 15) is 4.79 Å². The van der Waals surface area contributed by atoms with Gasteiger partial charge < -0.3 is 4.90 Å². The van der Waals surface area contributed by atoms with Crippen molar-refractivity contribution >= 4 is 11.6 Å². The van der Waals surface area contributed by atoms with Crippen LogP contribution in [-0.4, -0.2) is 36.9 Å². The molecule has 4 nitrogen and oxygen atoms in total. The maximum absolute atomic E-state index is 13.1. The summed E-state index contributed by atoms with van der Waals surface area (Å²) >= 11 is 0. The van der Waals surface area contributed by atoms with E-state index in [1.54, 1.807) is 4.90 Å². The molecule has 2 aliphatic carbocycles. The first-order chi connectivity index (χ1) is 10.2. The van der Waals surface area contributed by atoms with E-state index in [2.05, 4.69) is 17.2 Å². The Labute approximate surface area is 127 Å². The molecule has 2 saturated carbocycles. The van der Waals surface area contributed by atoms with Crippen LogP contribution < -0.4 is 15.2 Å². The van der Waals surface area contributed by atoms with Crippen molar-refractivity contribution in [1.29, 1.82) is 0 Å². The number of carbonyl (C=O) groups excluding carboxylic acids is 1. The number of hydrogen-bond donors (Lipinski definition) is 3. The SMILES string of the molecule is CC[NH+]1C[C@H]2CCC[C@]3(C1)C(=O)NC1(CCCCC1)[NH+]=C23. The van der Waals surface area contributed by atoms with Crippen LogP contribution in [-0.2, 0) is 4.79 Å². The van der Waals surface area contributed by atoms with Crippen molar-refractivity contribution in [3.05, 3.63) is 0 Å². The van der Waals surface area contributed by atoms with E-state index in [4.69, 9.17) is 0 Å². The molecule has 1 amide bonds. The first kappa shape index (κ1) is 13.7. The Morgan fingerprint density at radius 2 is 2.05 bits per heavy atom. The number of rotatable bonds is 1. The average Bonchev–Trinajstić information content (AvgIpc) is 2.47. The lowest BCUT2D eigenvalue weighted by molar-refractivity contribution is -0.910. The summed E-state index contributed by atoms with van der Waals surface area (Å²) in [6.07, 6.45) is 9.55. The minimum Gasteiger partial charge on any atom is -0.333 e. The molecule has 0 radical (unpaired) electrons. The highest BCUT2D eigenvalue weighted by Gasteiger charge is 2.63. The molecule has 1 spiro atoms. The zero-order chi connectivity index (χ0) is 14.5. The van der Waals surface area contributed by atoms with Crippen molar-refractivity contribution in [1.82, 2.24) is 5.32 Å². The first-order valence-electron chi connectivity index (χ1n) is 8.99. The van der Waals surface area contributed by atoms with Gasteiger partial charge in [0.2, 0.25) is 11.6 Å². The second-order valence-electron chi connectivity index (χ2n) is 7.79. The van der Waals surface area contributed by atoms with E-state index in [1.165, 1.54) is 44.4 Å². The molecular formula is C17H29N3O+2. The third kappa shape index (κ3) is 1.98. The Morgan fingerprint density at radius 3 is 2.81 bits per heavy atom. The second-order valence-corrected chi connectivity index (χ2v) is 7.79. The molecule has 2 heterocycles. The molecule has 2 bridgehead atoms. The zero-order valence-electron chi connectivity index (χ0n) is 13.3. The van der Waals surface area contributed by atoms with Gasteiger partial charge in [-0.15, -0.1) is 0 Å². The summed E-state index contributed by atoms with van der Waals surface area (Å²) < 4.78 is 0. The normalized spacial score (nSPS) is 41.2. The number of quaternary nitrogens is 1. The lowest BCUT2D eigenvalue weighted by Gasteiger charge is -2.48. The Kier molecular flexibility index (Phi) is 3.14. The number of carbonyl (C=O) groups is 1. The standard InChI is InChI=1S/C17H27N3O/c1-2-20-11-13-7-6-8-16(12-20)14(13)18-17(19-15(16)21)9-4-3-5-10-17/h13H,2-12H2,1H3,(H,19,21)/p+2/t13-,16-/m1/s1. The van der Waals surface area contributed by atoms with Crippen LogP contribution in [0.3, 0.4) is 0 Å². The predicted molar refractivity (Wildman–Crippen MR) is 80.9 cm³/mol. The molecule has 3 N–H and O–H groups in total. The quantitative estimate of drug-likeness (QED) is 0.570. The zero-order valence-corrected chi connectivity index (χ0v) is 13.3. The van der Waals surface area contributed by atoms with Gasteiger partial charge in [-0.3, -0.25) is 10.1 Å². The van der Waals surface area contributed by atoms with Gasteiger partial charge in [-0.25, -0.2) is 4.99 Å². The van der Waals surface area contributed by atoms with E-state index in [1.807, 2.05) is 0 Å². The van der Waals surface area contributed by atoms with Crippen LogP contribution in [0.4, 0.5) is 0 Å². The van der Waals surface area contributed by atoms with Crippen LogP contribution in [0.1, 0.15) is 58.3 Å². The van der Waals surface area contributed by atoms with E-state index >= 15 is 0 Å². The van der Waals surface area contributed by atoms with Crippen LogP contribution in [0.5, 0.6) is 0 Å². The lowest BCUT2D eigenvalue weighted by Crippen LogP contribution is -3.18. The third-order valence-corrected chi connectivity index (χ3v) is 6.54. The van der Waals surface area contributed by atoms with E-state index < -0.39 is 0 Å². The molecule has 1 saturated heterocycles. The second kappa shape index (κ2) is 4.80. The van der Waals surface area contributed by atoms with E-state index in [0.717, 1.165) is 32.4 Å². The Morgan fingerprint density at radius 1 is 1.24 bits per heavy atom. The van der Waals surface area contributed by atoms with Crippen LogP contribution >= 0.6 is 0 Å². The monoisotopic (exact) mass is 291 g/mol. The molecule has 116 valence electrons. The van der Waals surface area contributed by atoms with Crippen molar-refractivity contribution in [3.63, 3.8) is 0 Å². The highest BCUT2D eigenvalue weighted by Crippen LogP contribution is 2.39. The molecule has 4 heteroatoms. The van der Waals surface area contributed by atoms with Gasteiger partial charge in [-0.1, -0.05) is 12.8 Å². The third-order valence-electron chi connectivity index (χ3n) is 6.54. The number of hydrogen-bond acceptors (Lipinski definition) is 1.